The first kappa shape index (κ1) is 16.8. The van der Waals surface area contributed by atoms with Crippen LogP contribution in [0.1, 0.15) is 78.1 Å². The van der Waals surface area contributed by atoms with Gasteiger partial charge in [0.1, 0.15) is 0 Å². The van der Waals surface area contributed by atoms with Gasteiger partial charge in [-0.25, -0.2) is 0 Å². The molecule has 1 rings (SSSR count). The number of hydrogen-bond donors (Lipinski definition) is 1. The molecule has 0 aromatic rings. The first-order chi connectivity index (χ1) is 9.31. The Bertz CT molecular complexity index is 216. The lowest BCUT2D eigenvalue weighted by atomic mass is 9.76. The summed E-state index contributed by atoms with van der Waals surface area (Å²) in [4.78, 5) is 0. The molecule has 0 radical (unpaired) electrons. The molecule has 0 heterocycles. The van der Waals surface area contributed by atoms with E-state index in [0.29, 0.717) is 0 Å². The second kappa shape index (κ2) is 10.5. The van der Waals surface area contributed by atoms with Crippen LogP contribution in [0.3, 0.4) is 0 Å². The Balaban J connectivity index is 2.29. The third-order valence-corrected chi connectivity index (χ3v) is 4.82. The van der Waals surface area contributed by atoms with Crippen LogP contribution in [0.4, 0.5) is 0 Å². The first-order valence-electron chi connectivity index (χ1n) is 8.66. The van der Waals surface area contributed by atoms with Crippen molar-refractivity contribution in [1.82, 2.24) is 5.32 Å². The van der Waals surface area contributed by atoms with Gasteiger partial charge in [0.05, 0.1) is 0 Å². The monoisotopic (exact) mass is 265 g/mol. The number of rotatable bonds is 10. The van der Waals surface area contributed by atoms with E-state index in [1.807, 2.05) is 0 Å². The van der Waals surface area contributed by atoms with Crippen LogP contribution in [-0.2, 0) is 0 Å². The predicted molar refractivity (Wildman–Crippen MR) is 86.5 cm³/mol. The number of allylic oxidation sites excluding steroid dienone is 1. The average Bonchev–Trinajstić information content (AvgIpc) is 2.45. The normalized spacial score (nSPS) is 25.2. The predicted octanol–water partition coefficient (Wildman–Crippen LogP) is 5.32. The molecule has 0 aromatic carbocycles. The molecule has 0 aliphatic heterocycles. The fourth-order valence-corrected chi connectivity index (χ4v) is 3.62. The van der Waals surface area contributed by atoms with E-state index in [0.717, 1.165) is 24.4 Å². The summed E-state index contributed by atoms with van der Waals surface area (Å²) in [7, 11) is 0. The van der Waals surface area contributed by atoms with Crippen molar-refractivity contribution in [3.63, 3.8) is 0 Å². The van der Waals surface area contributed by atoms with Gasteiger partial charge in [-0.05, 0) is 50.5 Å². The summed E-state index contributed by atoms with van der Waals surface area (Å²) in [5.41, 5.74) is 0. The van der Waals surface area contributed by atoms with E-state index < -0.39 is 0 Å². The van der Waals surface area contributed by atoms with E-state index >= 15 is 0 Å². The number of nitrogens with one attached hydrogen (secondary N) is 1. The molecule has 19 heavy (non-hydrogen) atoms. The highest BCUT2D eigenvalue weighted by molar-refractivity contribution is 4.82. The molecule has 1 saturated carbocycles. The van der Waals surface area contributed by atoms with Crippen LogP contribution in [0.15, 0.2) is 12.7 Å². The van der Waals surface area contributed by atoms with E-state index in [-0.39, 0.29) is 0 Å². The average molecular weight is 265 g/mol. The lowest BCUT2D eigenvalue weighted by Gasteiger charge is -2.34. The molecule has 112 valence electrons. The van der Waals surface area contributed by atoms with Gasteiger partial charge in [0, 0.05) is 6.04 Å². The summed E-state index contributed by atoms with van der Waals surface area (Å²) >= 11 is 0. The molecule has 1 atom stereocenters. The Labute approximate surface area is 121 Å². The molecule has 1 fully saturated rings. The minimum Gasteiger partial charge on any atom is -0.314 e. The molecule has 1 unspecified atom stereocenters. The lowest BCUT2D eigenvalue weighted by Crippen LogP contribution is -2.38. The Morgan fingerprint density at radius 3 is 2.47 bits per heavy atom. The van der Waals surface area contributed by atoms with Crippen molar-refractivity contribution < 1.29 is 0 Å². The second-order valence-electron chi connectivity index (χ2n) is 6.31. The Kier molecular flexibility index (Phi) is 9.24. The van der Waals surface area contributed by atoms with Crippen LogP contribution in [0.5, 0.6) is 0 Å². The van der Waals surface area contributed by atoms with Gasteiger partial charge in [-0.1, -0.05) is 52.0 Å². The van der Waals surface area contributed by atoms with Gasteiger partial charge in [-0.2, -0.15) is 0 Å². The van der Waals surface area contributed by atoms with Gasteiger partial charge in [-0.15, -0.1) is 6.58 Å². The van der Waals surface area contributed by atoms with Crippen molar-refractivity contribution in [3.8, 4) is 0 Å². The Hall–Kier alpha value is -0.300. The minimum atomic E-state index is 0.761. The summed E-state index contributed by atoms with van der Waals surface area (Å²) in [6.45, 7) is 9.51. The molecule has 1 heteroatoms. The van der Waals surface area contributed by atoms with Gasteiger partial charge in [0.2, 0.25) is 0 Å². The molecule has 1 aliphatic rings. The topological polar surface area (TPSA) is 12.0 Å². The third kappa shape index (κ3) is 6.61. The van der Waals surface area contributed by atoms with E-state index in [2.05, 4.69) is 31.8 Å². The van der Waals surface area contributed by atoms with Crippen LogP contribution in [0, 0.1) is 11.8 Å². The van der Waals surface area contributed by atoms with E-state index in [1.54, 1.807) is 0 Å². The quantitative estimate of drug-likeness (QED) is 0.416. The molecule has 0 saturated heterocycles. The van der Waals surface area contributed by atoms with E-state index in [4.69, 9.17) is 0 Å². The van der Waals surface area contributed by atoms with E-state index in [9.17, 15) is 0 Å². The fraction of sp³-hybridized carbons (Fsp3) is 0.889. The van der Waals surface area contributed by atoms with Crippen LogP contribution >= 0.6 is 0 Å². The van der Waals surface area contributed by atoms with Crippen molar-refractivity contribution in [2.45, 2.75) is 84.1 Å². The van der Waals surface area contributed by atoms with Gasteiger partial charge < -0.3 is 5.32 Å². The third-order valence-electron chi connectivity index (χ3n) is 4.82. The van der Waals surface area contributed by atoms with Crippen LogP contribution < -0.4 is 5.32 Å². The summed E-state index contributed by atoms with van der Waals surface area (Å²) in [6.07, 6.45) is 16.0. The Morgan fingerprint density at radius 2 is 1.89 bits per heavy atom. The van der Waals surface area contributed by atoms with Gasteiger partial charge in [0.25, 0.3) is 0 Å². The summed E-state index contributed by atoms with van der Waals surface area (Å²) in [5.74, 6) is 1.97. The number of unbranched alkanes of at least 4 members (excludes halogenated alkanes) is 2. The minimum absolute atomic E-state index is 0.761. The van der Waals surface area contributed by atoms with Crippen molar-refractivity contribution in [3.05, 3.63) is 12.7 Å². The highest BCUT2D eigenvalue weighted by atomic mass is 14.9. The molecule has 1 N–H and O–H groups in total. The van der Waals surface area contributed by atoms with Crippen LogP contribution in [0.25, 0.3) is 0 Å². The highest BCUT2D eigenvalue weighted by Crippen LogP contribution is 2.34. The number of hydrogen-bond acceptors (Lipinski definition) is 1. The summed E-state index contributed by atoms with van der Waals surface area (Å²) < 4.78 is 0. The standard InChI is InChI=1S/C18H35N/c1-4-7-9-11-18(19-6-3)17-14-12-16(13-15-17)10-8-5-2/h4,16-19H,1,5-15H2,2-3H3. The zero-order chi connectivity index (χ0) is 13.9. The zero-order valence-electron chi connectivity index (χ0n) is 13.3. The highest BCUT2D eigenvalue weighted by Gasteiger charge is 2.26. The van der Waals surface area contributed by atoms with Gasteiger partial charge in [0.15, 0.2) is 0 Å². The fourth-order valence-electron chi connectivity index (χ4n) is 3.62. The van der Waals surface area contributed by atoms with Crippen molar-refractivity contribution in [2.75, 3.05) is 6.54 Å². The second-order valence-corrected chi connectivity index (χ2v) is 6.31. The van der Waals surface area contributed by atoms with Gasteiger partial charge >= 0.3 is 0 Å². The van der Waals surface area contributed by atoms with Gasteiger partial charge in [-0.3, -0.25) is 0 Å². The maximum atomic E-state index is 3.83. The summed E-state index contributed by atoms with van der Waals surface area (Å²) in [6, 6.07) is 0.761. The van der Waals surface area contributed by atoms with Crippen molar-refractivity contribution in [2.24, 2.45) is 11.8 Å². The molecule has 1 nitrogen and oxygen atoms in total. The SMILES string of the molecule is C=CCCCC(NCC)C1CCC(CCCC)CC1. The van der Waals surface area contributed by atoms with Crippen molar-refractivity contribution in [1.29, 1.82) is 0 Å². The maximum Gasteiger partial charge on any atom is 0.00953 e. The first-order valence-corrected chi connectivity index (χ1v) is 8.66. The summed E-state index contributed by atoms with van der Waals surface area (Å²) in [5, 5.41) is 3.73. The largest absolute Gasteiger partial charge is 0.314 e. The molecular weight excluding hydrogens is 230 g/mol. The zero-order valence-corrected chi connectivity index (χ0v) is 13.3. The molecule has 0 spiro atoms. The van der Waals surface area contributed by atoms with E-state index in [1.165, 1.54) is 64.2 Å². The maximum absolute atomic E-state index is 3.83. The van der Waals surface area contributed by atoms with Crippen molar-refractivity contribution >= 4 is 0 Å². The molecular formula is C18H35N. The van der Waals surface area contributed by atoms with Crippen LogP contribution in [-0.4, -0.2) is 12.6 Å². The Morgan fingerprint density at radius 1 is 1.16 bits per heavy atom. The molecule has 0 amide bonds. The smallest absolute Gasteiger partial charge is 0.00953 e. The van der Waals surface area contributed by atoms with Crippen LogP contribution in [0.2, 0.25) is 0 Å². The molecule has 1 aliphatic carbocycles. The molecule has 0 bridgehead atoms. The molecule has 0 aromatic heterocycles. The lowest BCUT2D eigenvalue weighted by molar-refractivity contribution is 0.206.